The van der Waals surface area contributed by atoms with E-state index in [1.165, 1.54) is 27.8 Å². The molecule has 0 saturated heterocycles. The predicted octanol–water partition coefficient (Wildman–Crippen LogP) is 5.09. The van der Waals surface area contributed by atoms with Crippen molar-refractivity contribution >= 4 is 23.8 Å². The zero-order chi connectivity index (χ0) is 21.3. The van der Waals surface area contributed by atoms with Gasteiger partial charge in [0.1, 0.15) is 11.2 Å². The Morgan fingerprint density at radius 3 is 2.83 bits per heavy atom. The predicted molar refractivity (Wildman–Crippen MR) is 120 cm³/mol. The van der Waals surface area contributed by atoms with E-state index in [1.807, 2.05) is 6.92 Å². The minimum Gasteiger partial charge on any atom is -0.460 e. The Kier molecular flexibility index (Phi) is 4.49. The Hall–Kier alpha value is -2.31. The van der Waals surface area contributed by atoms with Gasteiger partial charge in [0, 0.05) is 28.4 Å². The SMILES string of the molecule is CCC1C(=O)OCc2c1cc1n(c2=S)Cc2c-1nc(C)c1c2C(N)CCC1=C(C)C. The van der Waals surface area contributed by atoms with Crippen LogP contribution in [0.1, 0.15) is 85.5 Å². The largest absolute Gasteiger partial charge is 0.460 e. The fourth-order valence-corrected chi connectivity index (χ4v) is 5.77. The number of allylic oxidation sites excluding steroid dienone is 2. The molecule has 2 atom stereocenters. The zero-order valence-electron chi connectivity index (χ0n) is 18.0. The number of hydrogen-bond donors (Lipinski definition) is 1. The Morgan fingerprint density at radius 1 is 1.37 bits per heavy atom. The number of nitrogens with two attached hydrogens (primary N) is 1. The van der Waals surface area contributed by atoms with Crippen LogP contribution in [0.15, 0.2) is 11.6 Å². The molecule has 4 heterocycles. The zero-order valence-corrected chi connectivity index (χ0v) is 18.8. The van der Waals surface area contributed by atoms with Crippen molar-refractivity contribution in [3.63, 3.8) is 0 Å². The van der Waals surface area contributed by atoms with Crippen LogP contribution in [0.4, 0.5) is 0 Å². The van der Waals surface area contributed by atoms with Crippen LogP contribution in [0.2, 0.25) is 0 Å². The fourth-order valence-electron chi connectivity index (χ4n) is 5.43. The first-order valence-electron chi connectivity index (χ1n) is 10.7. The van der Waals surface area contributed by atoms with Crippen molar-refractivity contribution in [2.24, 2.45) is 5.73 Å². The lowest BCUT2D eigenvalue weighted by molar-refractivity contribution is -0.148. The van der Waals surface area contributed by atoms with Crippen LogP contribution in [-0.4, -0.2) is 15.5 Å². The second-order valence-electron chi connectivity index (χ2n) is 8.86. The molecule has 2 unspecified atom stereocenters. The lowest BCUT2D eigenvalue weighted by atomic mass is 9.79. The average molecular weight is 422 g/mol. The van der Waals surface area contributed by atoms with Gasteiger partial charge in [0.15, 0.2) is 0 Å². The Morgan fingerprint density at radius 2 is 2.13 bits per heavy atom. The number of rotatable bonds is 1. The maximum Gasteiger partial charge on any atom is 0.313 e. The van der Waals surface area contributed by atoms with Crippen molar-refractivity contribution in [3.05, 3.63) is 49.8 Å². The smallest absolute Gasteiger partial charge is 0.313 e. The van der Waals surface area contributed by atoms with Gasteiger partial charge < -0.3 is 15.0 Å². The summed E-state index contributed by atoms with van der Waals surface area (Å²) in [6.07, 6.45) is 2.64. The minimum atomic E-state index is -0.261. The van der Waals surface area contributed by atoms with Gasteiger partial charge in [-0.1, -0.05) is 24.7 Å². The highest BCUT2D eigenvalue weighted by atomic mass is 32.1. The van der Waals surface area contributed by atoms with E-state index >= 15 is 0 Å². The first-order chi connectivity index (χ1) is 14.3. The molecule has 156 valence electrons. The van der Waals surface area contributed by atoms with Gasteiger partial charge in [0.2, 0.25) is 0 Å². The number of esters is 1. The highest BCUT2D eigenvalue weighted by molar-refractivity contribution is 7.71. The molecule has 30 heavy (non-hydrogen) atoms. The number of pyridine rings is 2. The van der Waals surface area contributed by atoms with Crippen LogP contribution in [0.25, 0.3) is 17.0 Å². The normalized spacial score (nSPS) is 21.5. The van der Waals surface area contributed by atoms with E-state index < -0.39 is 0 Å². The lowest BCUT2D eigenvalue weighted by Gasteiger charge is -2.29. The van der Waals surface area contributed by atoms with Crippen LogP contribution in [0.5, 0.6) is 0 Å². The monoisotopic (exact) mass is 421 g/mol. The summed E-state index contributed by atoms with van der Waals surface area (Å²) in [5.41, 5.74) is 18.0. The molecule has 0 aromatic carbocycles. The second-order valence-corrected chi connectivity index (χ2v) is 9.25. The Labute approximate surface area is 182 Å². The average Bonchev–Trinajstić information content (AvgIpc) is 3.06. The summed E-state index contributed by atoms with van der Waals surface area (Å²) in [4.78, 5) is 17.4. The van der Waals surface area contributed by atoms with Gasteiger partial charge in [0.05, 0.1) is 23.9 Å². The van der Waals surface area contributed by atoms with Crippen LogP contribution < -0.4 is 5.73 Å². The molecule has 0 radical (unpaired) electrons. The van der Waals surface area contributed by atoms with E-state index in [2.05, 4.69) is 31.4 Å². The van der Waals surface area contributed by atoms with Gasteiger partial charge in [-0.15, -0.1) is 0 Å². The first-order valence-corrected chi connectivity index (χ1v) is 11.1. The number of fused-ring (bicyclic) bond motifs is 6. The third-order valence-electron chi connectivity index (χ3n) is 6.92. The summed E-state index contributed by atoms with van der Waals surface area (Å²) < 4.78 is 8.34. The molecule has 3 aliphatic rings. The molecular weight excluding hydrogens is 394 g/mol. The van der Waals surface area contributed by atoms with E-state index in [0.29, 0.717) is 13.0 Å². The Balaban J connectivity index is 1.79. The highest BCUT2D eigenvalue weighted by Crippen LogP contribution is 2.46. The summed E-state index contributed by atoms with van der Waals surface area (Å²) in [5, 5.41) is 0. The number of ether oxygens (including phenoxy) is 1. The van der Waals surface area contributed by atoms with Gasteiger partial charge in [0.25, 0.3) is 0 Å². The summed E-state index contributed by atoms with van der Waals surface area (Å²) in [6.45, 7) is 9.37. The van der Waals surface area contributed by atoms with Crippen LogP contribution in [0.3, 0.4) is 0 Å². The molecule has 2 N–H and O–H groups in total. The minimum absolute atomic E-state index is 0.00459. The third kappa shape index (κ3) is 2.59. The van der Waals surface area contributed by atoms with Crippen molar-refractivity contribution in [3.8, 4) is 11.4 Å². The molecular formula is C24H27N3O2S. The van der Waals surface area contributed by atoms with Gasteiger partial charge in [-0.3, -0.25) is 9.78 Å². The van der Waals surface area contributed by atoms with Crippen molar-refractivity contribution in [2.45, 2.75) is 72.1 Å². The van der Waals surface area contributed by atoms with E-state index in [9.17, 15) is 4.79 Å². The molecule has 2 aliphatic heterocycles. The number of aromatic nitrogens is 2. The van der Waals surface area contributed by atoms with Gasteiger partial charge >= 0.3 is 5.97 Å². The topological polar surface area (TPSA) is 70.1 Å². The number of carbonyl (C=O) groups is 1. The number of hydrogen-bond acceptors (Lipinski definition) is 5. The summed E-state index contributed by atoms with van der Waals surface area (Å²) in [6, 6.07) is 2.13. The van der Waals surface area contributed by atoms with E-state index in [1.54, 1.807) is 0 Å². The van der Waals surface area contributed by atoms with Crippen LogP contribution in [0, 0.1) is 11.6 Å². The number of carbonyl (C=O) groups excluding carboxylic acids is 1. The summed E-state index contributed by atoms with van der Waals surface area (Å²) in [5.74, 6) is -0.420. The third-order valence-corrected chi connectivity index (χ3v) is 7.39. The maximum absolute atomic E-state index is 12.3. The van der Waals surface area contributed by atoms with Crippen LogP contribution in [-0.2, 0) is 22.7 Å². The van der Waals surface area contributed by atoms with Gasteiger partial charge in [-0.05, 0) is 62.8 Å². The number of aryl methyl sites for hydroxylation is 1. The lowest BCUT2D eigenvalue weighted by Crippen LogP contribution is -2.24. The molecule has 1 aliphatic carbocycles. The van der Waals surface area contributed by atoms with Crippen LogP contribution >= 0.6 is 12.2 Å². The molecule has 6 heteroatoms. The van der Waals surface area contributed by atoms with E-state index in [0.717, 1.165) is 45.7 Å². The molecule has 2 aromatic heterocycles. The van der Waals surface area contributed by atoms with E-state index in [4.69, 9.17) is 27.7 Å². The van der Waals surface area contributed by atoms with Gasteiger partial charge in [-0.2, -0.15) is 0 Å². The maximum atomic E-state index is 12.3. The van der Waals surface area contributed by atoms with Crippen molar-refractivity contribution < 1.29 is 9.53 Å². The van der Waals surface area contributed by atoms with Crippen molar-refractivity contribution in [2.75, 3.05) is 0 Å². The molecule has 0 amide bonds. The standard InChI is InChI=1S/C24H27N3O2S/c1-5-13-15-8-19-22-16(9-27(19)23(30)17(15)10-29-24(13)28)21-18(25)7-6-14(11(2)3)20(21)12(4)26-22/h8,13,18H,5-7,9-10,25H2,1-4H3. The molecule has 0 spiro atoms. The molecule has 5 rings (SSSR count). The van der Waals surface area contributed by atoms with Crippen molar-refractivity contribution in [1.29, 1.82) is 0 Å². The van der Waals surface area contributed by atoms with Crippen molar-refractivity contribution in [1.82, 2.24) is 9.55 Å². The molecule has 2 aromatic rings. The summed E-state index contributed by atoms with van der Waals surface area (Å²) >= 11 is 5.88. The first kappa shape index (κ1) is 19.6. The number of cyclic esters (lactones) is 1. The quantitative estimate of drug-likeness (QED) is 0.438. The summed E-state index contributed by atoms with van der Waals surface area (Å²) in [7, 11) is 0. The molecule has 0 saturated carbocycles. The molecule has 5 nitrogen and oxygen atoms in total. The molecule has 0 bridgehead atoms. The van der Waals surface area contributed by atoms with Gasteiger partial charge in [-0.25, -0.2) is 0 Å². The Bertz CT molecular complexity index is 1200. The highest BCUT2D eigenvalue weighted by Gasteiger charge is 2.36. The fraction of sp³-hybridized carbons (Fsp3) is 0.458. The molecule has 0 fully saturated rings. The second kappa shape index (κ2) is 6.86. The van der Waals surface area contributed by atoms with E-state index in [-0.39, 0.29) is 24.5 Å². The number of nitrogens with zero attached hydrogens (tertiary/aromatic N) is 2.